The highest BCUT2D eigenvalue weighted by Crippen LogP contribution is 2.42. The number of hydrogen-bond donors (Lipinski definition) is 1. The molecule has 1 unspecified atom stereocenters. The van der Waals surface area contributed by atoms with Gasteiger partial charge in [0.05, 0.1) is 13.2 Å². The topological polar surface area (TPSA) is 33.7 Å². The number of nitrogens with one attached hydrogen (secondary N) is 1. The summed E-state index contributed by atoms with van der Waals surface area (Å²) in [6.07, 6.45) is 5.21. The largest absolute Gasteiger partial charge is 0.493 e. The van der Waals surface area contributed by atoms with Crippen molar-refractivity contribution in [3.63, 3.8) is 0 Å². The Bertz CT molecular complexity index is 508. The normalized spacial score (nSPS) is 22.7. The molecule has 1 saturated heterocycles. The second-order valence-corrected chi connectivity index (χ2v) is 7.23. The van der Waals surface area contributed by atoms with E-state index in [4.69, 9.17) is 9.47 Å². The smallest absolute Gasteiger partial charge is 0.119 e. The summed E-state index contributed by atoms with van der Waals surface area (Å²) in [7, 11) is 3.80. The Hall–Kier alpha value is -0.810. The van der Waals surface area contributed by atoms with Gasteiger partial charge in [-0.2, -0.15) is 0 Å². The first-order chi connectivity index (χ1) is 11.2. The van der Waals surface area contributed by atoms with Crippen LogP contribution in [0.2, 0.25) is 0 Å². The molecule has 1 aliphatic heterocycles. The lowest BCUT2D eigenvalue weighted by molar-refractivity contribution is 0.0238. The minimum absolute atomic E-state index is 0. The average molecular weight is 355 g/mol. The van der Waals surface area contributed by atoms with Gasteiger partial charge in [-0.3, -0.25) is 0 Å². The van der Waals surface area contributed by atoms with Gasteiger partial charge in [-0.05, 0) is 50.6 Å². The SMILES string of the molecule is CNC1CCN(CC2(COc3cccc(COC)c3)CCC2)C1.Cl. The van der Waals surface area contributed by atoms with Gasteiger partial charge in [-0.25, -0.2) is 0 Å². The Kier molecular flexibility index (Phi) is 7.35. The molecule has 1 aromatic carbocycles. The predicted octanol–water partition coefficient (Wildman–Crippen LogP) is 3.10. The Morgan fingerprint density at radius 1 is 1.33 bits per heavy atom. The number of likely N-dealkylation sites (tertiary alicyclic amines) is 1. The highest BCUT2D eigenvalue weighted by molar-refractivity contribution is 5.85. The van der Waals surface area contributed by atoms with Gasteiger partial charge in [0.1, 0.15) is 5.75 Å². The van der Waals surface area contributed by atoms with Crippen LogP contribution in [0.25, 0.3) is 0 Å². The van der Waals surface area contributed by atoms with E-state index in [1.165, 1.54) is 50.9 Å². The summed E-state index contributed by atoms with van der Waals surface area (Å²) >= 11 is 0. The van der Waals surface area contributed by atoms with E-state index < -0.39 is 0 Å². The van der Waals surface area contributed by atoms with Crippen LogP contribution in [0, 0.1) is 5.41 Å². The van der Waals surface area contributed by atoms with E-state index in [-0.39, 0.29) is 12.4 Å². The van der Waals surface area contributed by atoms with Gasteiger partial charge in [-0.1, -0.05) is 18.6 Å². The van der Waals surface area contributed by atoms with Crippen LogP contribution < -0.4 is 10.1 Å². The summed E-state index contributed by atoms with van der Waals surface area (Å²) in [5, 5.41) is 3.41. The van der Waals surface area contributed by atoms with Gasteiger partial charge in [-0.15, -0.1) is 12.4 Å². The van der Waals surface area contributed by atoms with Crippen LogP contribution in [0.1, 0.15) is 31.2 Å². The first-order valence-electron chi connectivity index (χ1n) is 8.83. The van der Waals surface area contributed by atoms with Crippen LogP contribution in [0.5, 0.6) is 5.75 Å². The fourth-order valence-corrected chi connectivity index (χ4v) is 3.84. The van der Waals surface area contributed by atoms with Crippen molar-refractivity contribution >= 4 is 12.4 Å². The number of ether oxygens (including phenoxy) is 2. The van der Waals surface area contributed by atoms with E-state index in [1.807, 2.05) is 0 Å². The van der Waals surface area contributed by atoms with Crippen molar-refractivity contribution in [2.45, 2.75) is 38.3 Å². The first-order valence-corrected chi connectivity index (χ1v) is 8.83. The molecule has 1 N–H and O–H groups in total. The molecule has 1 atom stereocenters. The molecule has 136 valence electrons. The molecule has 3 rings (SSSR count). The third-order valence-electron chi connectivity index (χ3n) is 5.41. The molecule has 2 aliphatic rings. The fourth-order valence-electron chi connectivity index (χ4n) is 3.84. The predicted molar refractivity (Wildman–Crippen MR) is 100 cm³/mol. The van der Waals surface area contributed by atoms with Crippen molar-refractivity contribution in [3.8, 4) is 5.75 Å². The molecule has 24 heavy (non-hydrogen) atoms. The van der Waals surface area contributed by atoms with Crippen molar-refractivity contribution in [3.05, 3.63) is 29.8 Å². The van der Waals surface area contributed by atoms with Crippen molar-refractivity contribution in [1.29, 1.82) is 0 Å². The van der Waals surface area contributed by atoms with Crippen LogP contribution in [-0.2, 0) is 11.3 Å². The van der Waals surface area contributed by atoms with E-state index in [0.717, 1.165) is 12.4 Å². The molecule has 0 spiro atoms. The number of nitrogens with zero attached hydrogens (tertiary/aromatic N) is 1. The summed E-state index contributed by atoms with van der Waals surface area (Å²) in [5.41, 5.74) is 1.53. The van der Waals surface area contributed by atoms with E-state index in [0.29, 0.717) is 18.1 Å². The maximum absolute atomic E-state index is 6.17. The molecule has 0 radical (unpaired) electrons. The van der Waals surface area contributed by atoms with Crippen LogP contribution in [0.15, 0.2) is 24.3 Å². The van der Waals surface area contributed by atoms with Gasteiger partial charge in [0.15, 0.2) is 0 Å². The van der Waals surface area contributed by atoms with Crippen molar-refractivity contribution in [2.24, 2.45) is 5.41 Å². The zero-order valence-corrected chi connectivity index (χ0v) is 15.7. The summed E-state index contributed by atoms with van der Waals surface area (Å²) in [5.74, 6) is 0.973. The second-order valence-electron chi connectivity index (χ2n) is 7.23. The Balaban J connectivity index is 0.00000208. The number of likely N-dealkylation sites (N-methyl/N-ethyl adjacent to an activating group) is 1. The summed E-state index contributed by atoms with van der Waals surface area (Å²) in [6.45, 7) is 5.06. The molecule has 0 bridgehead atoms. The van der Waals surface area contributed by atoms with Gasteiger partial charge in [0.2, 0.25) is 0 Å². The molecule has 0 aromatic heterocycles. The van der Waals surface area contributed by atoms with Crippen molar-refractivity contribution in [1.82, 2.24) is 10.2 Å². The first kappa shape index (κ1) is 19.5. The highest BCUT2D eigenvalue weighted by atomic mass is 35.5. The summed E-state index contributed by atoms with van der Waals surface area (Å²) in [6, 6.07) is 8.95. The minimum atomic E-state index is 0. The fraction of sp³-hybridized carbons (Fsp3) is 0.684. The number of halogens is 1. The maximum Gasteiger partial charge on any atom is 0.119 e. The van der Waals surface area contributed by atoms with Crippen molar-refractivity contribution < 1.29 is 9.47 Å². The molecule has 1 aromatic rings. The number of benzene rings is 1. The van der Waals surface area contributed by atoms with Gasteiger partial charge in [0.25, 0.3) is 0 Å². The van der Waals surface area contributed by atoms with Gasteiger partial charge < -0.3 is 19.7 Å². The average Bonchev–Trinajstić information content (AvgIpc) is 2.98. The zero-order valence-electron chi connectivity index (χ0n) is 14.9. The van der Waals surface area contributed by atoms with Crippen molar-refractivity contribution in [2.75, 3.05) is 40.4 Å². The molecular formula is C19H31ClN2O2. The monoisotopic (exact) mass is 354 g/mol. The molecule has 1 aliphatic carbocycles. The van der Waals surface area contributed by atoms with Crippen LogP contribution in [0.4, 0.5) is 0 Å². The van der Waals surface area contributed by atoms with E-state index in [2.05, 4.69) is 41.5 Å². The summed E-state index contributed by atoms with van der Waals surface area (Å²) in [4.78, 5) is 2.62. The Labute approximate surface area is 152 Å². The standard InChI is InChI=1S/C19H30N2O2.ClH/c1-20-17-7-10-21(12-17)14-19(8-4-9-19)15-23-18-6-3-5-16(11-18)13-22-2;/h3,5-6,11,17,20H,4,7-10,12-15H2,1-2H3;1H. The van der Waals surface area contributed by atoms with Crippen LogP contribution >= 0.6 is 12.4 Å². The molecule has 4 nitrogen and oxygen atoms in total. The third kappa shape index (κ3) is 4.85. The molecule has 2 fully saturated rings. The number of hydrogen-bond acceptors (Lipinski definition) is 4. The van der Waals surface area contributed by atoms with Crippen LogP contribution in [-0.4, -0.2) is 51.3 Å². The zero-order chi connectivity index (χ0) is 16.1. The van der Waals surface area contributed by atoms with E-state index in [1.54, 1.807) is 7.11 Å². The highest BCUT2D eigenvalue weighted by Gasteiger charge is 2.40. The lowest BCUT2D eigenvalue weighted by atomic mass is 9.69. The van der Waals surface area contributed by atoms with Gasteiger partial charge >= 0.3 is 0 Å². The summed E-state index contributed by atoms with van der Waals surface area (Å²) < 4.78 is 11.4. The maximum atomic E-state index is 6.17. The van der Waals surface area contributed by atoms with Gasteiger partial charge in [0, 0.05) is 31.7 Å². The van der Waals surface area contributed by atoms with E-state index in [9.17, 15) is 0 Å². The minimum Gasteiger partial charge on any atom is -0.493 e. The van der Waals surface area contributed by atoms with Crippen LogP contribution in [0.3, 0.4) is 0 Å². The molecule has 0 amide bonds. The Morgan fingerprint density at radius 2 is 2.17 bits per heavy atom. The lowest BCUT2D eigenvalue weighted by Gasteiger charge is -2.44. The molecular weight excluding hydrogens is 324 g/mol. The molecule has 1 heterocycles. The lowest BCUT2D eigenvalue weighted by Crippen LogP contribution is -2.46. The molecule has 5 heteroatoms. The van der Waals surface area contributed by atoms with E-state index >= 15 is 0 Å². The Morgan fingerprint density at radius 3 is 2.79 bits per heavy atom. The third-order valence-corrected chi connectivity index (χ3v) is 5.41. The molecule has 1 saturated carbocycles. The number of rotatable bonds is 8. The number of methoxy groups -OCH3 is 1. The quantitative estimate of drug-likeness (QED) is 0.777. The second kappa shape index (κ2) is 9.04.